The summed E-state index contributed by atoms with van der Waals surface area (Å²) in [4.78, 5) is 16.4. The molecule has 1 atom stereocenters. The molecule has 1 aliphatic rings. The molecule has 1 aromatic carbocycles. The molecule has 20 heavy (non-hydrogen) atoms. The number of ether oxygens (including phenoxy) is 1. The molecule has 0 spiro atoms. The molecule has 2 rings (SSSR count). The van der Waals surface area contributed by atoms with Crippen molar-refractivity contribution in [1.29, 1.82) is 0 Å². The van der Waals surface area contributed by atoms with E-state index in [1.807, 2.05) is 30.2 Å². The van der Waals surface area contributed by atoms with Crippen LogP contribution in [-0.2, 0) is 4.79 Å². The fourth-order valence-corrected chi connectivity index (χ4v) is 2.69. The zero-order valence-electron chi connectivity index (χ0n) is 12.3. The first kappa shape index (κ1) is 15.0. The summed E-state index contributed by atoms with van der Waals surface area (Å²) in [5, 5.41) is 0.0579. The number of hydrogen-bond acceptors (Lipinski definition) is 4. The molecule has 0 bridgehead atoms. The number of thioether (sulfide) groups is 1. The Morgan fingerprint density at radius 1 is 1.20 bits per heavy atom. The third kappa shape index (κ3) is 3.39. The Morgan fingerprint density at radius 2 is 1.80 bits per heavy atom. The summed E-state index contributed by atoms with van der Waals surface area (Å²) in [7, 11) is 1.67. The first-order valence-electron chi connectivity index (χ1n) is 6.86. The lowest BCUT2D eigenvalue weighted by Crippen LogP contribution is -2.50. The van der Waals surface area contributed by atoms with Gasteiger partial charge in [0.05, 0.1) is 12.4 Å². The summed E-state index contributed by atoms with van der Waals surface area (Å²) in [5.41, 5.74) is 1.19. The Labute approximate surface area is 125 Å². The van der Waals surface area contributed by atoms with Gasteiger partial charge in [0.15, 0.2) is 0 Å². The molecular formula is C15H22N2O2S. The fraction of sp³-hybridized carbons (Fsp3) is 0.533. The molecule has 0 aliphatic carbocycles. The molecule has 0 saturated carbocycles. The molecule has 4 nitrogen and oxygen atoms in total. The van der Waals surface area contributed by atoms with Crippen LogP contribution in [0, 0.1) is 0 Å². The standard InChI is InChI=1S/C15H22N2O2S/c1-12(20-3)15(18)17-10-8-16(9-11-17)13-4-6-14(19-2)7-5-13/h4-7,12H,8-11H2,1-3H3. The lowest BCUT2D eigenvalue weighted by Gasteiger charge is -2.37. The molecule has 1 amide bonds. The van der Waals surface area contributed by atoms with Crippen LogP contribution in [0.15, 0.2) is 24.3 Å². The van der Waals surface area contributed by atoms with Crippen LogP contribution < -0.4 is 9.64 Å². The number of carbonyl (C=O) groups excluding carboxylic acids is 1. The molecule has 1 aliphatic heterocycles. The topological polar surface area (TPSA) is 32.8 Å². The van der Waals surface area contributed by atoms with Crippen LogP contribution in [0.2, 0.25) is 0 Å². The molecule has 5 heteroatoms. The molecule has 0 N–H and O–H groups in total. The molecule has 1 fully saturated rings. The van der Waals surface area contributed by atoms with E-state index in [9.17, 15) is 4.79 Å². The highest BCUT2D eigenvalue weighted by atomic mass is 32.2. The Hall–Kier alpha value is -1.36. The monoisotopic (exact) mass is 294 g/mol. The summed E-state index contributed by atoms with van der Waals surface area (Å²) < 4.78 is 5.17. The Morgan fingerprint density at radius 3 is 2.30 bits per heavy atom. The van der Waals surface area contributed by atoms with Gasteiger partial charge in [0.1, 0.15) is 5.75 Å². The predicted octanol–water partition coefficient (Wildman–Crippen LogP) is 2.10. The maximum Gasteiger partial charge on any atom is 0.235 e. The zero-order valence-corrected chi connectivity index (χ0v) is 13.2. The second kappa shape index (κ2) is 6.88. The van der Waals surface area contributed by atoms with Crippen LogP contribution in [0.5, 0.6) is 5.75 Å². The number of piperazine rings is 1. The van der Waals surface area contributed by atoms with E-state index >= 15 is 0 Å². The van der Waals surface area contributed by atoms with Crippen molar-refractivity contribution in [3.05, 3.63) is 24.3 Å². The van der Waals surface area contributed by atoms with Crippen molar-refractivity contribution in [2.45, 2.75) is 12.2 Å². The van der Waals surface area contributed by atoms with Crippen molar-refractivity contribution in [2.24, 2.45) is 0 Å². The van der Waals surface area contributed by atoms with Crippen LogP contribution in [0.25, 0.3) is 0 Å². The number of amides is 1. The highest BCUT2D eigenvalue weighted by molar-refractivity contribution is 7.99. The van der Waals surface area contributed by atoms with Crippen molar-refractivity contribution in [3.8, 4) is 5.75 Å². The van der Waals surface area contributed by atoms with Gasteiger partial charge in [0.25, 0.3) is 0 Å². The van der Waals surface area contributed by atoms with E-state index in [0.717, 1.165) is 31.9 Å². The van der Waals surface area contributed by atoms with Crippen LogP contribution >= 0.6 is 11.8 Å². The van der Waals surface area contributed by atoms with Crippen molar-refractivity contribution in [3.63, 3.8) is 0 Å². The summed E-state index contributed by atoms with van der Waals surface area (Å²) in [6, 6.07) is 8.09. The fourth-order valence-electron chi connectivity index (χ4n) is 2.34. The van der Waals surface area contributed by atoms with Crippen LogP contribution in [-0.4, -0.2) is 55.6 Å². The average Bonchev–Trinajstić information content (AvgIpc) is 2.53. The smallest absolute Gasteiger partial charge is 0.235 e. The third-order valence-corrected chi connectivity index (χ3v) is 4.64. The number of anilines is 1. The maximum atomic E-state index is 12.1. The molecule has 1 unspecified atom stereocenters. The molecule has 1 saturated heterocycles. The quantitative estimate of drug-likeness (QED) is 0.851. The second-order valence-electron chi connectivity index (χ2n) is 4.89. The number of methoxy groups -OCH3 is 1. The van der Waals surface area contributed by atoms with E-state index in [1.54, 1.807) is 18.9 Å². The zero-order chi connectivity index (χ0) is 14.5. The van der Waals surface area contributed by atoms with E-state index in [2.05, 4.69) is 17.0 Å². The third-order valence-electron chi connectivity index (χ3n) is 3.73. The van der Waals surface area contributed by atoms with Gasteiger partial charge in [-0.15, -0.1) is 0 Å². The normalized spacial score (nSPS) is 16.9. The first-order valence-corrected chi connectivity index (χ1v) is 8.15. The van der Waals surface area contributed by atoms with Crippen LogP contribution in [0.3, 0.4) is 0 Å². The predicted molar refractivity (Wildman–Crippen MR) is 84.8 cm³/mol. The van der Waals surface area contributed by atoms with E-state index in [0.29, 0.717) is 0 Å². The number of rotatable bonds is 4. The second-order valence-corrected chi connectivity index (χ2v) is 6.07. The lowest BCUT2D eigenvalue weighted by atomic mass is 10.2. The summed E-state index contributed by atoms with van der Waals surface area (Å²) >= 11 is 1.61. The van der Waals surface area contributed by atoms with Gasteiger partial charge in [-0.3, -0.25) is 4.79 Å². The Balaban J connectivity index is 1.92. The summed E-state index contributed by atoms with van der Waals surface area (Å²) in [5.74, 6) is 1.13. The number of nitrogens with zero attached hydrogens (tertiary/aromatic N) is 2. The van der Waals surface area contributed by atoms with Crippen LogP contribution in [0.4, 0.5) is 5.69 Å². The molecule has 1 aromatic rings. The molecule has 0 aromatic heterocycles. The highest BCUT2D eigenvalue weighted by Crippen LogP contribution is 2.21. The van der Waals surface area contributed by atoms with Gasteiger partial charge in [0.2, 0.25) is 5.91 Å². The van der Waals surface area contributed by atoms with Gasteiger partial charge >= 0.3 is 0 Å². The highest BCUT2D eigenvalue weighted by Gasteiger charge is 2.24. The summed E-state index contributed by atoms with van der Waals surface area (Å²) in [6.45, 7) is 5.35. The van der Waals surface area contributed by atoms with Gasteiger partial charge in [-0.05, 0) is 37.4 Å². The lowest BCUT2D eigenvalue weighted by molar-refractivity contribution is -0.130. The van der Waals surface area contributed by atoms with Gasteiger partial charge in [0, 0.05) is 31.9 Å². The summed E-state index contributed by atoms with van der Waals surface area (Å²) in [6.07, 6.45) is 1.98. The first-order chi connectivity index (χ1) is 9.65. The molecular weight excluding hydrogens is 272 g/mol. The Bertz CT molecular complexity index is 442. The average molecular weight is 294 g/mol. The van der Waals surface area contributed by atoms with E-state index in [1.165, 1.54) is 5.69 Å². The van der Waals surface area contributed by atoms with Crippen molar-refractivity contribution < 1.29 is 9.53 Å². The van der Waals surface area contributed by atoms with Gasteiger partial charge in [-0.25, -0.2) is 0 Å². The Kier molecular flexibility index (Phi) is 5.17. The van der Waals surface area contributed by atoms with Gasteiger partial charge in [-0.2, -0.15) is 11.8 Å². The van der Waals surface area contributed by atoms with E-state index in [4.69, 9.17) is 4.74 Å². The number of hydrogen-bond donors (Lipinski definition) is 0. The minimum atomic E-state index is 0.0579. The largest absolute Gasteiger partial charge is 0.497 e. The van der Waals surface area contributed by atoms with Crippen LogP contribution in [0.1, 0.15) is 6.92 Å². The minimum Gasteiger partial charge on any atom is -0.497 e. The SMILES string of the molecule is COc1ccc(N2CCN(C(=O)C(C)SC)CC2)cc1. The van der Waals surface area contributed by atoms with Crippen molar-refractivity contribution in [2.75, 3.05) is 44.4 Å². The van der Waals surface area contributed by atoms with Crippen molar-refractivity contribution >= 4 is 23.4 Å². The number of carbonyl (C=O) groups is 1. The van der Waals surface area contributed by atoms with Crippen molar-refractivity contribution in [1.82, 2.24) is 4.90 Å². The molecule has 0 radical (unpaired) electrons. The molecule has 110 valence electrons. The molecule has 1 heterocycles. The van der Waals surface area contributed by atoms with E-state index in [-0.39, 0.29) is 11.2 Å². The number of benzene rings is 1. The van der Waals surface area contributed by atoms with Gasteiger partial charge < -0.3 is 14.5 Å². The maximum absolute atomic E-state index is 12.1. The minimum absolute atomic E-state index is 0.0579. The van der Waals surface area contributed by atoms with E-state index < -0.39 is 0 Å². The van der Waals surface area contributed by atoms with Gasteiger partial charge in [-0.1, -0.05) is 0 Å².